The minimum absolute atomic E-state index is 0.143. The van der Waals surface area contributed by atoms with Crippen LogP contribution in [0.1, 0.15) is 11.3 Å². The maximum Gasteiger partial charge on any atom is 0.357 e. The Labute approximate surface area is 124 Å². The lowest BCUT2D eigenvalue weighted by molar-refractivity contribution is -0.386. The van der Waals surface area contributed by atoms with Gasteiger partial charge < -0.3 is 9.88 Å². The number of aromatic amines is 2. The van der Waals surface area contributed by atoms with E-state index >= 15 is 0 Å². The maximum absolute atomic E-state index is 11.5. The van der Waals surface area contributed by atoms with Crippen molar-refractivity contribution in [3.63, 3.8) is 0 Å². The zero-order chi connectivity index (χ0) is 16.3. The molecule has 114 valence electrons. The first-order valence-electron chi connectivity index (χ1n) is 6.35. The van der Waals surface area contributed by atoms with E-state index in [4.69, 9.17) is 0 Å². The van der Waals surface area contributed by atoms with Gasteiger partial charge in [0.2, 0.25) is 0 Å². The molecule has 22 heavy (non-hydrogen) atoms. The second kappa shape index (κ2) is 6.08. The van der Waals surface area contributed by atoms with Gasteiger partial charge in [0.25, 0.3) is 0 Å². The summed E-state index contributed by atoms with van der Waals surface area (Å²) in [7, 11) is 3.82. The van der Waals surface area contributed by atoms with E-state index in [-0.39, 0.29) is 5.69 Å². The highest BCUT2D eigenvalue weighted by molar-refractivity contribution is 5.72. The van der Waals surface area contributed by atoms with Gasteiger partial charge in [-0.1, -0.05) is 18.2 Å². The Hall–Kier alpha value is -3.16. The molecule has 0 amide bonds. The highest BCUT2D eigenvalue weighted by Crippen LogP contribution is 2.16. The largest absolute Gasteiger partial charge is 0.378 e. The van der Waals surface area contributed by atoms with Crippen LogP contribution < -0.4 is 16.1 Å². The molecular weight excluding hydrogens is 288 g/mol. The van der Waals surface area contributed by atoms with Crippen molar-refractivity contribution in [3.8, 4) is 0 Å². The lowest BCUT2D eigenvalue weighted by atomic mass is 10.1. The smallest absolute Gasteiger partial charge is 0.357 e. The first kappa shape index (κ1) is 15.2. The summed E-state index contributed by atoms with van der Waals surface area (Å²) >= 11 is 0. The van der Waals surface area contributed by atoms with Gasteiger partial charge >= 0.3 is 16.9 Å². The van der Waals surface area contributed by atoms with Crippen molar-refractivity contribution >= 4 is 23.5 Å². The molecule has 0 radical (unpaired) electrons. The van der Waals surface area contributed by atoms with Crippen LogP contribution in [-0.4, -0.2) is 29.0 Å². The molecule has 0 fully saturated rings. The Kier molecular flexibility index (Phi) is 4.21. The summed E-state index contributed by atoms with van der Waals surface area (Å²) in [5.41, 5.74) is -0.875. The van der Waals surface area contributed by atoms with Crippen LogP contribution in [0.5, 0.6) is 0 Å². The second-order valence-corrected chi connectivity index (χ2v) is 4.75. The molecule has 0 unspecified atom stereocenters. The van der Waals surface area contributed by atoms with Gasteiger partial charge in [0.05, 0.1) is 4.92 Å². The van der Waals surface area contributed by atoms with E-state index in [9.17, 15) is 19.7 Å². The third-order valence-corrected chi connectivity index (χ3v) is 2.98. The highest BCUT2D eigenvalue weighted by atomic mass is 16.6. The van der Waals surface area contributed by atoms with E-state index in [0.717, 1.165) is 11.3 Å². The van der Waals surface area contributed by atoms with Gasteiger partial charge in [0.1, 0.15) is 5.69 Å². The van der Waals surface area contributed by atoms with Crippen molar-refractivity contribution in [3.05, 3.63) is 66.5 Å². The Morgan fingerprint density at radius 3 is 2.27 bits per heavy atom. The lowest BCUT2D eigenvalue weighted by Gasteiger charge is -2.11. The molecule has 2 N–H and O–H groups in total. The third kappa shape index (κ3) is 3.29. The summed E-state index contributed by atoms with van der Waals surface area (Å²) in [6.07, 6.45) is 2.91. The zero-order valence-corrected chi connectivity index (χ0v) is 12.0. The van der Waals surface area contributed by atoms with Gasteiger partial charge in [0, 0.05) is 19.8 Å². The summed E-state index contributed by atoms with van der Waals surface area (Å²) in [5, 5.41) is 10.9. The standard InChI is InChI=1S/C14H14N4O4/c1-17(2)10-6-3-9(4-7-10)5-8-11-12(18(21)22)13(19)16-14(20)15-11/h3-8H,1-2H3,(H2,15,16,19,20)/b8-5-. The average molecular weight is 302 g/mol. The maximum atomic E-state index is 11.5. The lowest BCUT2D eigenvalue weighted by Crippen LogP contribution is -2.25. The summed E-state index contributed by atoms with van der Waals surface area (Å²) < 4.78 is 0. The first-order chi connectivity index (χ1) is 10.4. The summed E-state index contributed by atoms with van der Waals surface area (Å²) in [5.74, 6) is 0. The fourth-order valence-corrected chi connectivity index (χ4v) is 1.86. The highest BCUT2D eigenvalue weighted by Gasteiger charge is 2.18. The predicted molar refractivity (Wildman–Crippen MR) is 84.0 cm³/mol. The summed E-state index contributed by atoms with van der Waals surface area (Å²) in [6, 6.07) is 7.41. The predicted octanol–water partition coefficient (Wildman–Crippen LogP) is 1.21. The first-order valence-corrected chi connectivity index (χ1v) is 6.35. The molecule has 1 aromatic heterocycles. The second-order valence-electron chi connectivity index (χ2n) is 4.75. The average Bonchev–Trinajstić information content (AvgIpc) is 2.44. The van der Waals surface area contributed by atoms with Crippen LogP contribution in [0.3, 0.4) is 0 Å². The van der Waals surface area contributed by atoms with E-state index in [2.05, 4.69) is 4.98 Å². The Balaban J connectivity index is 2.40. The van der Waals surface area contributed by atoms with Gasteiger partial charge in [-0.25, -0.2) is 4.79 Å². The van der Waals surface area contributed by atoms with Gasteiger partial charge in [-0.3, -0.25) is 19.9 Å². The van der Waals surface area contributed by atoms with E-state index in [1.807, 2.05) is 48.2 Å². The van der Waals surface area contributed by atoms with Crippen molar-refractivity contribution in [1.29, 1.82) is 0 Å². The van der Waals surface area contributed by atoms with E-state index in [0.29, 0.717) is 0 Å². The molecule has 0 aliphatic carbocycles. The van der Waals surface area contributed by atoms with Gasteiger partial charge in [-0.15, -0.1) is 0 Å². The quantitative estimate of drug-likeness (QED) is 0.651. The Morgan fingerprint density at radius 2 is 1.73 bits per heavy atom. The van der Waals surface area contributed by atoms with Crippen LogP contribution in [0.2, 0.25) is 0 Å². The number of benzene rings is 1. The minimum Gasteiger partial charge on any atom is -0.378 e. The molecule has 0 saturated heterocycles. The van der Waals surface area contributed by atoms with Gasteiger partial charge in [-0.2, -0.15) is 0 Å². The van der Waals surface area contributed by atoms with Gasteiger partial charge in [0.15, 0.2) is 0 Å². The van der Waals surface area contributed by atoms with Crippen LogP contribution in [0.4, 0.5) is 11.4 Å². The minimum atomic E-state index is -1.03. The molecule has 0 aliphatic rings. The van der Waals surface area contributed by atoms with E-state index in [1.165, 1.54) is 6.08 Å². The SMILES string of the molecule is CN(C)c1ccc(/C=C\c2[nH]c(=O)[nH]c(=O)c2[N+](=O)[O-])cc1. The number of H-pyrrole nitrogens is 2. The molecule has 0 saturated carbocycles. The van der Waals surface area contributed by atoms with E-state index < -0.39 is 21.9 Å². The van der Waals surface area contributed by atoms with Crippen LogP contribution in [0.25, 0.3) is 12.2 Å². The number of aromatic nitrogens is 2. The monoisotopic (exact) mass is 302 g/mol. The number of hydrogen-bond acceptors (Lipinski definition) is 5. The van der Waals surface area contributed by atoms with Crippen molar-refractivity contribution in [2.75, 3.05) is 19.0 Å². The number of nitrogens with one attached hydrogen (secondary N) is 2. The number of anilines is 1. The van der Waals surface area contributed by atoms with Crippen molar-refractivity contribution in [2.24, 2.45) is 0 Å². The number of hydrogen-bond donors (Lipinski definition) is 2. The number of nitro groups is 1. The van der Waals surface area contributed by atoms with Crippen LogP contribution in [0.15, 0.2) is 33.9 Å². The number of nitrogens with zero attached hydrogens (tertiary/aromatic N) is 2. The van der Waals surface area contributed by atoms with Gasteiger partial charge in [-0.05, 0) is 23.8 Å². The molecule has 0 bridgehead atoms. The molecule has 8 nitrogen and oxygen atoms in total. The van der Waals surface area contributed by atoms with Crippen LogP contribution in [0, 0.1) is 10.1 Å². The molecule has 0 spiro atoms. The summed E-state index contributed by atoms with van der Waals surface area (Å²) in [4.78, 5) is 38.8. The molecule has 2 rings (SSSR count). The van der Waals surface area contributed by atoms with Crippen molar-refractivity contribution in [2.45, 2.75) is 0 Å². The molecule has 8 heteroatoms. The molecule has 2 aromatic rings. The van der Waals surface area contributed by atoms with Crippen molar-refractivity contribution in [1.82, 2.24) is 9.97 Å². The molecule has 1 heterocycles. The zero-order valence-electron chi connectivity index (χ0n) is 12.0. The normalized spacial score (nSPS) is 10.8. The topological polar surface area (TPSA) is 112 Å². The molecule has 0 aliphatic heterocycles. The van der Waals surface area contributed by atoms with E-state index in [1.54, 1.807) is 6.08 Å². The third-order valence-electron chi connectivity index (χ3n) is 2.98. The summed E-state index contributed by atoms with van der Waals surface area (Å²) in [6.45, 7) is 0. The Morgan fingerprint density at radius 1 is 1.09 bits per heavy atom. The fourth-order valence-electron chi connectivity index (χ4n) is 1.86. The van der Waals surface area contributed by atoms with Crippen molar-refractivity contribution < 1.29 is 4.92 Å². The van der Waals surface area contributed by atoms with Crippen LogP contribution >= 0.6 is 0 Å². The number of rotatable bonds is 4. The molecular formula is C14H14N4O4. The Bertz CT molecular complexity index is 831. The fraction of sp³-hybridized carbons (Fsp3) is 0.143. The molecule has 0 atom stereocenters. The van der Waals surface area contributed by atoms with Crippen LogP contribution in [-0.2, 0) is 0 Å². The molecule has 1 aromatic carbocycles.